The molecule has 20 heavy (non-hydrogen) atoms. The molecular formula is C16H22FNO2. The Morgan fingerprint density at radius 3 is 2.65 bits per heavy atom. The van der Waals surface area contributed by atoms with Gasteiger partial charge in [-0.05, 0) is 62.5 Å². The van der Waals surface area contributed by atoms with Crippen molar-refractivity contribution in [1.82, 2.24) is 4.98 Å². The van der Waals surface area contributed by atoms with E-state index in [0.717, 1.165) is 31.2 Å². The third-order valence-corrected chi connectivity index (χ3v) is 4.72. The van der Waals surface area contributed by atoms with Gasteiger partial charge in [-0.3, -0.25) is 4.79 Å². The van der Waals surface area contributed by atoms with Crippen LogP contribution in [0, 0.1) is 24.7 Å². The van der Waals surface area contributed by atoms with E-state index in [1.165, 1.54) is 6.20 Å². The summed E-state index contributed by atoms with van der Waals surface area (Å²) < 4.78 is 13.5. The number of aromatic nitrogens is 1. The lowest BCUT2D eigenvalue weighted by atomic mass is 9.72. The Balaban J connectivity index is 2.04. The largest absolute Gasteiger partial charge is 0.481 e. The number of carbonyl (C=O) groups is 1. The number of pyridine rings is 1. The molecule has 1 aromatic rings. The van der Waals surface area contributed by atoms with E-state index in [1.54, 1.807) is 6.92 Å². The average Bonchev–Trinajstić information content (AvgIpc) is 2.43. The maximum absolute atomic E-state index is 13.5. The summed E-state index contributed by atoms with van der Waals surface area (Å²) in [4.78, 5) is 14.9. The minimum Gasteiger partial charge on any atom is -0.481 e. The van der Waals surface area contributed by atoms with Crippen molar-refractivity contribution in [2.45, 2.75) is 51.9 Å². The highest BCUT2D eigenvalue weighted by molar-refractivity contribution is 5.70. The lowest BCUT2D eigenvalue weighted by Gasteiger charge is -2.32. The summed E-state index contributed by atoms with van der Waals surface area (Å²) in [7, 11) is 0. The van der Waals surface area contributed by atoms with Gasteiger partial charge >= 0.3 is 5.97 Å². The molecule has 4 heteroatoms. The topological polar surface area (TPSA) is 50.2 Å². The SMILES string of the molecule is CCC(C(=O)O)[C@H]1CC[C@H](c2ccnc(F)c2C)CC1. The van der Waals surface area contributed by atoms with E-state index >= 15 is 0 Å². The van der Waals surface area contributed by atoms with Crippen molar-refractivity contribution in [3.63, 3.8) is 0 Å². The molecular weight excluding hydrogens is 257 g/mol. The fourth-order valence-electron chi connectivity index (χ4n) is 3.51. The van der Waals surface area contributed by atoms with E-state index < -0.39 is 5.97 Å². The Hall–Kier alpha value is -1.45. The van der Waals surface area contributed by atoms with Gasteiger partial charge in [0.15, 0.2) is 0 Å². The van der Waals surface area contributed by atoms with Crippen LogP contribution in [-0.4, -0.2) is 16.1 Å². The maximum Gasteiger partial charge on any atom is 0.306 e. The average molecular weight is 279 g/mol. The number of aliphatic carboxylic acids is 1. The molecule has 0 radical (unpaired) electrons. The molecule has 1 fully saturated rings. The van der Waals surface area contributed by atoms with E-state index in [0.29, 0.717) is 17.9 Å². The molecule has 110 valence electrons. The number of halogens is 1. The highest BCUT2D eigenvalue weighted by Crippen LogP contribution is 2.40. The first-order valence-electron chi connectivity index (χ1n) is 7.38. The molecule has 1 N–H and O–H groups in total. The molecule has 0 spiro atoms. The van der Waals surface area contributed by atoms with E-state index in [-0.39, 0.29) is 17.8 Å². The van der Waals surface area contributed by atoms with Gasteiger partial charge in [0.1, 0.15) is 0 Å². The summed E-state index contributed by atoms with van der Waals surface area (Å²) in [6.07, 6.45) is 5.93. The maximum atomic E-state index is 13.5. The van der Waals surface area contributed by atoms with Gasteiger partial charge in [0.25, 0.3) is 0 Å². The van der Waals surface area contributed by atoms with Crippen molar-refractivity contribution >= 4 is 5.97 Å². The second kappa shape index (κ2) is 6.33. The summed E-state index contributed by atoms with van der Waals surface area (Å²) in [5.74, 6) is -0.689. The standard InChI is InChI=1S/C16H22FNO2/c1-3-13(16(19)20)11-4-6-12(7-5-11)14-8-9-18-15(17)10(14)2/h8-9,11-13H,3-7H2,1-2H3,(H,19,20)/t11-,12-,13?. The molecule has 0 amide bonds. The molecule has 3 nitrogen and oxygen atoms in total. The number of rotatable bonds is 4. The smallest absolute Gasteiger partial charge is 0.306 e. The van der Waals surface area contributed by atoms with Crippen molar-refractivity contribution in [1.29, 1.82) is 0 Å². The molecule has 1 heterocycles. The molecule has 0 aliphatic heterocycles. The molecule has 2 rings (SSSR count). The van der Waals surface area contributed by atoms with Gasteiger partial charge in [0.2, 0.25) is 5.95 Å². The molecule has 1 aromatic heterocycles. The Morgan fingerprint density at radius 1 is 1.45 bits per heavy atom. The first-order valence-corrected chi connectivity index (χ1v) is 7.38. The molecule has 1 unspecified atom stereocenters. The van der Waals surface area contributed by atoms with E-state index in [4.69, 9.17) is 0 Å². The molecule has 1 atom stereocenters. The summed E-state index contributed by atoms with van der Waals surface area (Å²) in [5.41, 5.74) is 1.68. The Kier molecular flexibility index (Phi) is 4.73. The van der Waals surface area contributed by atoms with Crippen LogP contribution in [0.25, 0.3) is 0 Å². The van der Waals surface area contributed by atoms with Crippen LogP contribution < -0.4 is 0 Å². The van der Waals surface area contributed by atoms with Gasteiger partial charge in [-0.25, -0.2) is 4.98 Å². The zero-order valence-electron chi connectivity index (χ0n) is 12.1. The van der Waals surface area contributed by atoms with Gasteiger partial charge in [0.05, 0.1) is 5.92 Å². The number of carboxylic acids is 1. The molecule has 1 aliphatic carbocycles. The van der Waals surface area contributed by atoms with Crippen LogP contribution in [0.1, 0.15) is 56.1 Å². The zero-order valence-corrected chi connectivity index (χ0v) is 12.1. The zero-order chi connectivity index (χ0) is 14.7. The number of hydrogen-bond acceptors (Lipinski definition) is 2. The van der Waals surface area contributed by atoms with Crippen LogP contribution >= 0.6 is 0 Å². The van der Waals surface area contributed by atoms with Crippen molar-refractivity contribution < 1.29 is 14.3 Å². The highest BCUT2D eigenvalue weighted by atomic mass is 19.1. The van der Waals surface area contributed by atoms with E-state index in [2.05, 4.69) is 4.98 Å². The third-order valence-electron chi connectivity index (χ3n) is 4.72. The fourth-order valence-corrected chi connectivity index (χ4v) is 3.51. The molecule has 0 bridgehead atoms. The summed E-state index contributed by atoms with van der Waals surface area (Å²) in [5, 5.41) is 9.23. The summed E-state index contributed by atoms with van der Waals surface area (Å²) in [6.45, 7) is 3.71. The molecule has 1 saturated carbocycles. The number of hydrogen-bond donors (Lipinski definition) is 1. The quantitative estimate of drug-likeness (QED) is 0.850. The van der Waals surface area contributed by atoms with Gasteiger partial charge < -0.3 is 5.11 Å². The number of nitrogens with zero attached hydrogens (tertiary/aromatic N) is 1. The lowest BCUT2D eigenvalue weighted by Crippen LogP contribution is -2.27. The molecule has 0 saturated heterocycles. The van der Waals surface area contributed by atoms with Gasteiger partial charge in [0, 0.05) is 11.8 Å². The van der Waals surface area contributed by atoms with Gasteiger partial charge in [-0.15, -0.1) is 0 Å². The predicted molar refractivity (Wildman–Crippen MR) is 75.0 cm³/mol. The highest BCUT2D eigenvalue weighted by Gasteiger charge is 2.31. The summed E-state index contributed by atoms with van der Waals surface area (Å²) in [6, 6.07) is 1.90. The van der Waals surface area contributed by atoms with Crippen LogP contribution in [0.3, 0.4) is 0 Å². The van der Waals surface area contributed by atoms with Crippen molar-refractivity contribution in [3.8, 4) is 0 Å². The van der Waals surface area contributed by atoms with E-state index in [9.17, 15) is 14.3 Å². The van der Waals surface area contributed by atoms with Crippen molar-refractivity contribution in [2.24, 2.45) is 11.8 Å². The second-order valence-corrected chi connectivity index (χ2v) is 5.78. The first kappa shape index (κ1) is 14.9. The third kappa shape index (κ3) is 3.00. The lowest BCUT2D eigenvalue weighted by molar-refractivity contribution is -0.144. The minimum atomic E-state index is -0.679. The monoisotopic (exact) mass is 279 g/mol. The van der Waals surface area contributed by atoms with Crippen LogP contribution in [-0.2, 0) is 4.79 Å². The van der Waals surface area contributed by atoms with Crippen LogP contribution in [0.5, 0.6) is 0 Å². The van der Waals surface area contributed by atoms with Crippen LogP contribution in [0.2, 0.25) is 0 Å². The normalized spacial score (nSPS) is 24.4. The molecule has 0 aromatic carbocycles. The van der Waals surface area contributed by atoms with Crippen molar-refractivity contribution in [3.05, 3.63) is 29.3 Å². The van der Waals surface area contributed by atoms with Crippen LogP contribution in [0.15, 0.2) is 12.3 Å². The van der Waals surface area contributed by atoms with Gasteiger partial charge in [-0.1, -0.05) is 6.92 Å². The number of carboxylic acid groups (broad SMARTS) is 1. The Labute approximate surface area is 119 Å². The first-order chi connectivity index (χ1) is 9.54. The van der Waals surface area contributed by atoms with Crippen molar-refractivity contribution in [2.75, 3.05) is 0 Å². The van der Waals surface area contributed by atoms with Crippen LogP contribution in [0.4, 0.5) is 4.39 Å². The fraction of sp³-hybridized carbons (Fsp3) is 0.625. The molecule has 1 aliphatic rings. The van der Waals surface area contributed by atoms with E-state index in [1.807, 2.05) is 13.0 Å². The Bertz CT molecular complexity index is 481. The summed E-state index contributed by atoms with van der Waals surface area (Å²) >= 11 is 0. The predicted octanol–water partition coefficient (Wildman–Crippen LogP) is 3.91. The second-order valence-electron chi connectivity index (χ2n) is 5.78. The minimum absolute atomic E-state index is 0.230. The Morgan fingerprint density at radius 2 is 2.10 bits per heavy atom. The van der Waals surface area contributed by atoms with Gasteiger partial charge in [-0.2, -0.15) is 4.39 Å².